The molecule has 49 heavy (non-hydrogen) atoms. The van der Waals surface area contributed by atoms with Crippen molar-refractivity contribution in [2.24, 2.45) is 0 Å². The van der Waals surface area contributed by atoms with E-state index >= 15 is 0 Å². The second-order valence-corrected chi connectivity index (χ2v) is 13.4. The topological polar surface area (TPSA) is 3.24 Å². The van der Waals surface area contributed by atoms with E-state index in [0.717, 1.165) is 65.1 Å². The highest BCUT2D eigenvalue weighted by atomic mass is 32.1. The van der Waals surface area contributed by atoms with Crippen LogP contribution in [0.2, 0.25) is 0 Å². The zero-order chi connectivity index (χ0) is 38.5. The predicted molar refractivity (Wildman–Crippen MR) is 209 cm³/mol. The van der Waals surface area contributed by atoms with Crippen LogP contribution in [0, 0.1) is 0 Å². The predicted octanol–water partition coefficient (Wildman–Crippen LogP) is 13.0. The van der Waals surface area contributed by atoms with Crippen molar-refractivity contribution in [3.8, 4) is 11.1 Å². The van der Waals surface area contributed by atoms with Crippen LogP contribution < -0.4 is 4.90 Å². The second kappa shape index (κ2) is 11.1. The minimum absolute atomic E-state index is 0.0591. The van der Waals surface area contributed by atoms with Gasteiger partial charge in [0.2, 0.25) is 0 Å². The standard InChI is InChI=1S/C47H31NS/c1-3-15-36(16-4-1)48(37-17-5-2-6-18-37)38-26-28-44-42(31-38)39-19-9-11-21-43(39)47(44,34-24-23-32-13-7-8-14-33(32)29-34)35-25-27-41-40-20-10-12-22-45(40)49-46(41)30-35/h1-31H/i7D,8D,13D,14D,23D,24D,29D. The van der Waals surface area contributed by atoms with Crippen molar-refractivity contribution in [1.82, 2.24) is 0 Å². The molecular formula is C47H31NS. The van der Waals surface area contributed by atoms with E-state index in [2.05, 4.69) is 83.8 Å². The van der Waals surface area contributed by atoms with Gasteiger partial charge in [-0.15, -0.1) is 11.3 Å². The molecule has 0 N–H and O–H groups in total. The van der Waals surface area contributed by atoms with Gasteiger partial charge in [0.05, 0.1) is 15.0 Å². The Morgan fingerprint density at radius 2 is 1.14 bits per heavy atom. The lowest BCUT2D eigenvalue weighted by molar-refractivity contribution is 0.771. The SMILES string of the molecule is [2H]c1c([2H])c([2H])c2c([2H])c(C3(c4ccc5c(c4)sc4ccccc45)c4ccccc4-c4cc(N(c5ccccc5)c5ccccc5)ccc43)c([2H])c([2H])c2c1[2H]. The van der Waals surface area contributed by atoms with Crippen molar-refractivity contribution in [1.29, 1.82) is 0 Å². The largest absolute Gasteiger partial charge is 0.310 e. The highest BCUT2D eigenvalue weighted by molar-refractivity contribution is 7.25. The number of thiophene rings is 1. The van der Waals surface area contributed by atoms with E-state index in [1.807, 2.05) is 66.7 Å². The number of para-hydroxylation sites is 2. The Morgan fingerprint density at radius 1 is 0.469 bits per heavy atom. The van der Waals surface area contributed by atoms with Gasteiger partial charge in [0.1, 0.15) is 0 Å². The van der Waals surface area contributed by atoms with E-state index in [1.165, 1.54) is 0 Å². The molecule has 0 saturated heterocycles. The zero-order valence-corrected chi connectivity index (χ0v) is 27.0. The Hall–Kier alpha value is -5.96. The Morgan fingerprint density at radius 3 is 1.96 bits per heavy atom. The highest BCUT2D eigenvalue weighted by Gasteiger charge is 2.46. The fourth-order valence-electron chi connectivity index (χ4n) is 7.67. The second-order valence-electron chi connectivity index (χ2n) is 12.3. The number of anilines is 3. The number of nitrogens with zero attached hydrogens (tertiary/aromatic N) is 1. The van der Waals surface area contributed by atoms with Crippen LogP contribution in [0.25, 0.3) is 42.1 Å². The molecular weight excluding hydrogens is 611 g/mol. The van der Waals surface area contributed by atoms with Crippen molar-refractivity contribution in [2.75, 3.05) is 4.90 Å². The van der Waals surface area contributed by atoms with E-state index in [4.69, 9.17) is 5.48 Å². The molecule has 0 aliphatic heterocycles. The molecule has 0 amide bonds. The first-order valence-corrected chi connectivity index (χ1v) is 17.1. The highest BCUT2D eigenvalue weighted by Crippen LogP contribution is 2.58. The van der Waals surface area contributed by atoms with E-state index < -0.39 is 23.5 Å². The maximum Gasteiger partial charge on any atom is 0.0714 e. The van der Waals surface area contributed by atoms with Crippen LogP contribution in [0.5, 0.6) is 0 Å². The van der Waals surface area contributed by atoms with Gasteiger partial charge in [0.15, 0.2) is 0 Å². The summed E-state index contributed by atoms with van der Waals surface area (Å²) in [6.45, 7) is 0. The number of hydrogen-bond acceptors (Lipinski definition) is 2. The number of hydrogen-bond donors (Lipinski definition) is 0. The lowest BCUT2D eigenvalue weighted by Gasteiger charge is -2.34. The molecule has 1 aliphatic rings. The maximum atomic E-state index is 9.93. The molecule has 1 aliphatic carbocycles. The lowest BCUT2D eigenvalue weighted by Crippen LogP contribution is -2.28. The molecule has 0 saturated carbocycles. The molecule has 9 aromatic rings. The first kappa shape index (κ1) is 21.8. The van der Waals surface area contributed by atoms with Crippen molar-refractivity contribution in [2.45, 2.75) is 5.41 Å². The lowest BCUT2D eigenvalue weighted by atomic mass is 9.67. The van der Waals surface area contributed by atoms with Gasteiger partial charge in [-0.1, -0.05) is 133 Å². The average molecular weight is 649 g/mol. The summed E-state index contributed by atoms with van der Waals surface area (Å²) in [5.74, 6) is 0. The first-order valence-electron chi connectivity index (χ1n) is 19.8. The van der Waals surface area contributed by atoms with Crippen LogP contribution in [-0.2, 0) is 5.41 Å². The fraction of sp³-hybridized carbons (Fsp3) is 0.0213. The third-order valence-electron chi connectivity index (χ3n) is 9.75. The maximum absolute atomic E-state index is 9.93. The average Bonchev–Trinajstić information content (AvgIpc) is 3.75. The Labute approximate surface area is 299 Å². The smallest absolute Gasteiger partial charge is 0.0714 e. The molecule has 1 nitrogen and oxygen atoms in total. The summed E-state index contributed by atoms with van der Waals surface area (Å²) < 4.78 is 66.0. The number of fused-ring (bicyclic) bond motifs is 7. The molecule has 1 atom stereocenters. The Balaban J connectivity index is 1.35. The summed E-state index contributed by atoms with van der Waals surface area (Å²) in [4.78, 5) is 2.20. The Bertz CT molecular complexity index is 3030. The van der Waals surface area contributed by atoms with Crippen molar-refractivity contribution < 1.29 is 9.60 Å². The molecule has 2 heteroatoms. The van der Waals surface area contributed by atoms with E-state index in [9.17, 15) is 4.11 Å². The van der Waals surface area contributed by atoms with Crippen LogP contribution in [-0.4, -0.2) is 0 Å². The molecule has 1 aromatic heterocycles. The Kier molecular flexibility index (Phi) is 4.92. The van der Waals surface area contributed by atoms with Gasteiger partial charge in [-0.3, -0.25) is 0 Å². The van der Waals surface area contributed by atoms with Crippen LogP contribution >= 0.6 is 11.3 Å². The van der Waals surface area contributed by atoms with Crippen LogP contribution in [0.3, 0.4) is 0 Å². The van der Waals surface area contributed by atoms with E-state index in [0.29, 0.717) is 0 Å². The minimum atomic E-state index is -1.30. The van der Waals surface area contributed by atoms with E-state index in [1.54, 1.807) is 11.3 Å². The fourth-order valence-corrected chi connectivity index (χ4v) is 8.81. The van der Waals surface area contributed by atoms with Crippen LogP contribution in [0.4, 0.5) is 17.1 Å². The summed E-state index contributed by atoms with van der Waals surface area (Å²) in [7, 11) is 0. The van der Waals surface area contributed by atoms with Gasteiger partial charge >= 0.3 is 0 Å². The van der Waals surface area contributed by atoms with Crippen molar-refractivity contribution in [3.05, 3.63) is 210 Å². The molecule has 0 bridgehead atoms. The monoisotopic (exact) mass is 648 g/mol. The normalized spacial score (nSPS) is 17.0. The molecule has 230 valence electrons. The van der Waals surface area contributed by atoms with Crippen LogP contribution in [0.1, 0.15) is 31.8 Å². The van der Waals surface area contributed by atoms with Gasteiger partial charge in [-0.25, -0.2) is 0 Å². The summed E-state index contributed by atoms with van der Waals surface area (Å²) in [6, 6.07) is 46.8. The van der Waals surface area contributed by atoms with E-state index in [-0.39, 0.29) is 40.5 Å². The molecule has 0 fully saturated rings. The molecule has 1 heterocycles. The molecule has 1 unspecified atom stereocenters. The molecule has 8 aromatic carbocycles. The summed E-state index contributed by atoms with van der Waals surface area (Å²) in [6.07, 6.45) is 0. The van der Waals surface area contributed by atoms with Crippen LogP contribution in [0.15, 0.2) is 188 Å². The molecule has 0 radical (unpaired) electrons. The molecule has 10 rings (SSSR count). The zero-order valence-electron chi connectivity index (χ0n) is 33.2. The molecule has 0 spiro atoms. The third kappa shape index (κ3) is 4.24. The number of rotatable bonds is 5. The third-order valence-corrected chi connectivity index (χ3v) is 10.9. The summed E-state index contributed by atoms with van der Waals surface area (Å²) >= 11 is 1.68. The first-order chi connectivity index (χ1) is 27.2. The van der Waals surface area contributed by atoms with Gasteiger partial charge in [0, 0.05) is 37.2 Å². The van der Waals surface area contributed by atoms with Gasteiger partial charge < -0.3 is 4.90 Å². The quantitative estimate of drug-likeness (QED) is 0.179. The number of benzene rings is 8. The minimum Gasteiger partial charge on any atom is -0.310 e. The summed E-state index contributed by atoms with van der Waals surface area (Å²) in [5.41, 5.74) is 6.08. The van der Waals surface area contributed by atoms with Gasteiger partial charge in [-0.2, -0.15) is 0 Å². The van der Waals surface area contributed by atoms with Crippen molar-refractivity contribution in [3.63, 3.8) is 0 Å². The summed E-state index contributed by atoms with van der Waals surface area (Å²) in [5, 5.41) is 2.06. The van der Waals surface area contributed by atoms with Gasteiger partial charge in [-0.05, 0) is 98.7 Å². The van der Waals surface area contributed by atoms with Crippen molar-refractivity contribution >= 4 is 59.3 Å². The van der Waals surface area contributed by atoms with Gasteiger partial charge in [0.25, 0.3) is 0 Å².